The lowest BCUT2D eigenvalue weighted by Gasteiger charge is -2.36. The molecular formula is C13H17ClFNO2. The summed E-state index contributed by atoms with van der Waals surface area (Å²) in [5.74, 6) is -0.416. The Labute approximate surface area is 111 Å². The van der Waals surface area contributed by atoms with Crippen molar-refractivity contribution < 1.29 is 14.2 Å². The number of aliphatic hydroxyl groups excluding tert-OH is 1. The van der Waals surface area contributed by atoms with E-state index in [2.05, 4.69) is 5.32 Å². The number of nitrogens with one attached hydrogen (secondary N) is 1. The minimum atomic E-state index is -0.416. The van der Waals surface area contributed by atoms with Gasteiger partial charge in [-0.1, -0.05) is 23.7 Å². The maximum Gasteiger partial charge on any atom is 0.142 e. The van der Waals surface area contributed by atoms with Crippen molar-refractivity contribution in [1.29, 1.82) is 0 Å². The highest BCUT2D eigenvalue weighted by Crippen LogP contribution is 2.23. The Balaban J connectivity index is 2.03. The Morgan fingerprint density at radius 1 is 1.39 bits per heavy atom. The van der Waals surface area contributed by atoms with Crippen LogP contribution in [0.2, 0.25) is 5.02 Å². The van der Waals surface area contributed by atoms with Crippen LogP contribution in [0.25, 0.3) is 0 Å². The molecule has 0 bridgehead atoms. The van der Waals surface area contributed by atoms with Gasteiger partial charge in [0.1, 0.15) is 5.82 Å². The van der Waals surface area contributed by atoms with Gasteiger partial charge in [0.15, 0.2) is 0 Å². The summed E-state index contributed by atoms with van der Waals surface area (Å²) >= 11 is 5.90. The molecule has 0 spiro atoms. The van der Waals surface area contributed by atoms with Gasteiger partial charge in [-0.05, 0) is 24.5 Å². The summed E-state index contributed by atoms with van der Waals surface area (Å²) in [4.78, 5) is 0. The van der Waals surface area contributed by atoms with E-state index >= 15 is 0 Å². The van der Waals surface area contributed by atoms with Crippen molar-refractivity contribution in [2.24, 2.45) is 0 Å². The molecule has 1 fully saturated rings. The number of ether oxygens (including phenoxy) is 1. The number of hydrogen-bond acceptors (Lipinski definition) is 3. The summed E-state index contributed by atoms with van der Waals surface area (Å²) in [6.45, 7) is 1.75. The normalized spacial score (nSPS) is 18.8. The molecule has 1 heterocycles. The lowest BCUT2D eigenvalue weighted by molar-refractivity contribution is 0.0111. The molecule has 0 radical (unpaired) electrons. The first-order valence-electron chi connectivity index (χ1n) is 6.03. The van der Waals surface area contributed by atoms with Gasteiger partial charge >= 0.3 is 0 Å². The topological polar surface area (TPSA) is 41.5 Å². The van der Waals surface area contributed by atoms with Gasteiger partial charge in [0.2, 0.25) is 0 Å². The number of halogens is 2. The third-order valence-corrected chi connectivity index (χ3v) is 3.86. The van der Waals surface area contributed by atoms with E-state index < -0.39 is 5.82 Å². The first-order valence-corrected chi connectivity index (χ1v) is 6.41. The van der Waals surface area contributed by atoms with Gasteiger partial charge in [0.05, 0.1) is 11.6 Å². The molecule has 0 aromatic heterocycles. The van der Waals surface area contributed by atoms with Crippen LogP contribution < -0.4 is 5.32 Å². The maximum atomic E-state index is 13.3. The molecule has 1 aliphatic heterocycles. The number of hydrogen-bond donors (Lipinski definition) is 2. The fourth-order valence-corrected chi connectivity index (χ4v) is 2.31. The fourth-order valence-electron chi connectivity index (χ4n) is 2.12. The number of benzene rings is 1. The Hall–Kier alpha value is -0.680. The quantitative estimate of drug-likeness (QED) is 0.883. The second kappa shape index (κ2) is 5.97. The molecule has 1 saturated heterocycles. The summed E-state index contributed by atoms with van der Waals surface area (Å²) in [6, 6.07) is 4.75. The highest BCUT2D eigenvalue weighted by atomic mass is 35.5. The van der Waals surface area contributed by atoms with Crippen molar-refractivity contribution in [3.05, 3.63) is 34.6 Å². The summed E-state index contributed by atoms with van der Waals surface area (Å²) in [5.41, 5.74) is 0.365. The smallest absolute Gasteiger partial charge is 0.142 e. The van der Waals surface area contributed by atoms with E-state index in [4.69, 9.17) is 16.3 Å². The van der Waals surface area contributed by atoms with Crippen LogP contribution in [-0.2, 0) is 11.3 Å². The Morgan fingerprint density at radius 3 is 2.78 bits per heavy atom. The molecule has 0 atom stereocenters. The highest BCUT2D eigenvalue weighted by Gasteiger charge is 2.31. The SMILES string of the molecule is OCC1(NCc2cccc(F)c2Cl)CCOCC1. The van der Waals surface area contributed by atoms with Gasteiger partial charge < -0.3 is 15.2 Å². The van der Waals surface area contributed by atoms with E-state index in [1.54, 1.807) is 12.1 Å². The van der Waals surface area contributed by atoms with E-state index in [0.29, 0.717) is 25.3 Å². The minimum Gasteiger partial charge on any atom is -0.394 e. The zero-order chi connectivity index (χ0) is 13.0. The summed E-state index contributed by atoms with van der Waals surface area (Å²) in [7, 11) is 0. The molecule has 2 N–H and O–H groups in total. The van der Waals surface area contributed by atoms with Gasteiger partial charge in [-0.15, -0.1) is 0 Å². The Morgan fingerprint density at radius 2 is 2.11 bits per heavy atom. The summed E-state index contributed by atoms with van der Waals surface area (Å²) < 4.78 is 18.6. The molecule has 0 unspecified atom stereocenters. The van der Waals surface area contributed by atoms with Crippen LogP contribution in [0.5, 0.6) is 0 Å². The molecular weight excluding hydrogens is 257 g/mol. The average Bonchev–Trinajstić information content (AvgIpc) is 2.41. The molecule has 18 heavy (non-hydrogen) atoms. The second-order valence-corrected chi connectivity index (χ2v) is 5.00. The highest BCUT2D eigenvalue weighted by molar-refractivity contribution is 6.31. The molecule has 1 aromatic rings. The van der Waals surface area contributed by atoms with Crippen molar-refractivity contribution in [1.82, 2.24) is 5.32 Å². The average molecular weight is 274 g/mol. The molecule has 0 amide bonds. The van der Waals surface area contributed by atoms with Gasteiger partial charge in [-0.2, -0.15) is 0 Å². The molecule has 1 aromatic carbocycles. The lowest BCUT2D eigenvalue weighted by atomic mass is 9.90. The van der Waals surface area contributed by atoms with Gasteiger partial charge in [0, 0.05) is 25.3 Å². The minimum absolute atomic E-state index is 0.0449. The summed E-state index contributed by atoms with van der Waals surface area (Å²) in [5, 5.41) is 12.9. The van der Waals surface area contributed by atoms with E-state index in [9.17, 15) is 9.50 Å². The first-order chi connectivity index (χ1) is 8.67. The van der Waals surface area contributed by atoms with Crippen molar-refractivity contribution >= 4 is 11.6 Å². The number of rotatable bonds is 4. The third-order valence-electron chi connectivity index (χ3n) is 3.44. The molecule has 100 valence electrons. The standard InChI is InChI=1S/C13H17ClFNO2/c14-12-10(2-1-3-11(12)15)8-16-13(9-17)4-6-18-7-5-13/h1-3,16-17H,4-9H2. The zero-order valence-electron chi connectivity index (χ0n) is 10.1. The van der Waals surface area contributed by atoms with Crippen molar-refractivity contribution in [3.63, 3.8) is 0 Å². The first kappa shape index (κ1) is 13.7. The van der Waals surface area contributed by atoms with Crippen LogP contribution >= 0.6 is 11.6 Å². The van der Waals surface area contributed by atoms with E-state index in [1.165, 1.54) is 6.07 Å². The van der Waals surface area contributed by atoms with Crippen LogP contribution in [0.15, 0.2) is 18.2 Å². The Bertz CT molecular complexity index is 408. The van der Waals surface area contributed by atoms with Crippen LogP contribution in [0.1, 0.15) is 18.4 Å². The van der Waals surface area contributed by atoms with Crippen LogP contribution in [0.3, 0.4) is 0 Å². The maximum absolute atomic E-state index is 13.3. The predicted molar refractivity (Wildman–Crippen MR) is 68.1 cm³/mol. The molecule has 2 rings (SSSR count). The van der Waals surface area contributed by atoms with E-state index in [-0.39, 0.29) is 17.2 Å². The van der Waals surface area contributed by atoms with Crippen LogP contribution in [-0.4, -0.2) is 30.5 Å². The number of aliphatic hydroxyl groups is 1. The van der Waals surface area contributed by atoms with Gasteiger partial charge in [-0.3, -0.25) is 0 Å². The fraction of sp³-hybridized carbons (Fsp3) is 0.538. The van der Waals surface area contributed by atoms with Crippen LogP contribution in [0.4, 0.5) is 4.39 Å². The molecule has 0 saturated carbocycles. The molecule has 3 nitrogen and oxygen atoms in total. The van der Waals surface area contributed by atoms with Gasteiger partial charge in [-0.25, -0.2) is 4.39 Å². The largest absolute Gasteiger partial charge is 0.394 e. The second-order valence-electron chi connectivity index (χ2n) is 4.62. The summed E-state index contributed by atoms with van der Waals surface area (Å²) in [6.07, 6.45) is 1.49. The van der Waals surface area contributed by atoms with Crippen molar-refractivity contribution in [2.75, 3.05) is 19.8 Å². The van der Waals surface area contributed by atoms with Crippen LogP contribution in [0, 0.1) is 5.82 Å². The van der Waals surface area contributed by atoms with Crippen molar-refractivity contribution in [2.45, 2.75) is 24.9 Å². The van der Waals surface area contributed by atoms with Crippen molar-refractivity contribution in [3.8, 4) is 0 Å². The molecule has 5 heteroatoms. The van der Waals surface area contributed by atoms with E-state index in [1.807, 2.05) is 0 Å². The zero-order valence-corrected chi connectivity index (χ0v) is 10.8. The van der Waals surface area contributed by atoms with Gasteiger partial charge in [0.25, 0.3) is 0 Å². The van der Waals surface area contributed by atoms with E-state index in [0.717, 1.165) is 12.8 Å². The monoisotopic (exact) mass is 273 g/mol. The third kappa shape index (κ3) is 3.01. The Kier molecular flexibility index (Phi) is 4.56. The molecule has 1 aliphatic rings. The predicted octanol–water partition coefficient (Wildman–Crippen LogP) is 2.11. The lowest BCUT2D eigenvalue weighted by Crippen LogP contribution is -2.51. The molecule has 0 aliphatic carbocycles.